The van der Waals surface area contributed by atoms with Crippen LogP contribution in [0, 0.1) is 0 Å². The third kappa shape index (κ3) is 4.08. The van der Waals surface area contributed by atoms with E-state index in [-0.39, 0.29) is 13.2 Å². The van der Waals surface area contributed by atoms with E-state index >= 15 is 0 Å². The Morgan fingerprint density at radius 3 is 2.86 bits per heavy atom. The van der Waals surface area contributed by atoms with Crippen LogP contribution in [0.25, 0.3) is 0 Å². The van der Waals surface area contributed by atoms with E-state index < -0.39 is 6.09 Å². The molecule has 6 heteroatoms. The van der Waals surface area contributed by atoms with Crippen molar-refractivity contribution in [3.8, 4) is 5.88 Å². The van der Waals surface area contributed by atoms with Gasteiger partial charge in [0.1, 0.15) is 13.2 Å². The third-order valence-electron chi connectivity index (χ3n) is 1.28. The van der Waals surface area contributed by atoms with Crippen molar-refractivity contribution in [3.05, 3.63) is 22.8 Å². The number of primary amides is 1. The number of carbonyl (C=O) groups is 1. The largest absolute Gasteiger partial charge is 0.474 e. The average Bonchev–Trinajstić information content (AvgIpc) is 2.15. The topological polar surface area (TPSA) is 74.4 Å². The molecule has 0 saturated carbocycles. The van der Waals surface area contributed by atoms with Crippen molar-refractivity contribution in [3.63, 3.8) is 0 Å². The first-order valence-corrected chi connectivity index (χ1v) is 4.64. The standard InChI is InChI=1S/C8H9BrN2O3/c9-6-1-2-7(11-5-6)13-3-4-14-8(10)12/h1-2,5H,3-4H2,(H2,10,12). The summed E-state index contributed by atoms with van der Waals surface area (Å²) in [5.74, 6) is 0.473. The minimum Gasteiger partial charge on any atom is -0.474 e. The molecule has 0 atom stereocenters. The molecule has 1 heterocycles. The number of carbonyl (C=O) groups excluding carboxylic acids is 1. The maximum absolute atomic E-state index is 10.2. The van der Waals surface area contributed by atoms with Crippen LogP contribution in [0.15, 0.2) is 22.8 Å². The quantitative estimate of drug-likeness (QED) is 0.829. The molecule has 0 aliphatic heterocycles. The normalized spacial score (nSPS) is 9.50. The minimum atomic E-state index is -0.808. The van der Waals surface area contributed by atoms with E-state index in [1.54, 1.807) is 18.3 Å². The van der Waals surface area contributed by atoms with Gasteiger partial charge in [0, 0.05) is 16.7 Å². The third-order valence-corrected chi connectivity index (χ3v) is 1.75. The summed E-state index contributed by atoms with van der Waals surface area (Å²) < 4.78 is 10.5. The molecular formula is C8H9BrN2O3. The Balaban J connectivity index is 2.25. The van der Waals surface area contributed by atoms with Gasteiger partial charge in [-0.2, -0.15) is 0 Å². The molecule has 0 aliphatic carbocycles. The lowest BCUT2D eigenvalue weighted by Crippen LogP contribution is -2.17. The molecule has 5 nitrogen and oxygen atoms in total. The van der Waals surface area contributed by atoms with Crippen molar-refractivity contribution in [2.24, 2.45) is 5.73 Å². The maximum Gasteiger partial charge on any atom is 0.404 e. The average molecular weight is 261 g/mol. The highest BCUT2D eigenvalue weighted by Gasteiger charge is 1.96. The smallest absolute Gasteiger partial charge is 0.404 e. The molecule has 76 valence electrons. The maximum atomic E-state index is 10.2. The van der Waals surface area contributed by atoms with Gasteiger partial charge in [-0.15, -0.1) is 0 Å². The fourth-order valence-corrected chi connectivity index (χ4v) is 0.971. The number of ether oxygens (including phenoxy) is 2. The summed E-state index contributed by atoms with van der Waals surface area (Å²) in [5.41, 5.74) is 4.75. The molecule has 2 N–H and O–H groups in total. The summed E-state index contributed by atoms with van der Waals surface area (Å²) in [5, 5.41) is 0. The highest BCUT2D eigenvalue weighted by Crippen LogP contribution is 2.11. The van der Waals surface area contributed by atoms with E-state index in [0.717, 1.165) is 4.47 Å². The lowest BCUT2D eigenvalue weighted by Gasteiger charge is -2.04. The number of amides is 1. The zero-order valence-corrected chi connectivity index (χ0v) is 8.86. The van der Waals surface area contributed by atoms with Crippen molar-refractivity contribution in [1.82, 2.24) is 4.98 Å². The number of hydrogen-bond acceptors (Lipinski definition) is 4. The Kier molecular flexibility index (Phi) is 4.18. The Bertz CT molecular complexity index is 302. The summed E-state index contributed by atoms with van der Waals surface area (Å²) in [7, 11) is 0. The molecule has 1 aromatic heterocycles. The first-order valence-electron chi connectivity index (χ1n) is 3.85. The Morgan fingerprint density at radius 1 is 1.50 bits per heavy atom. The van der Waals surface area contributed by atoms with E-state index in [1.165, 1.54) is 0 Å². The van der Waals surface area contributed by atoms with Crippen molar-refractivity contribution >= 4 is 22.0 Å². The van der Waals surface area contributed by atoms with E-state index in [4.69, 9.17) is 10.5 Å². The molecule has 0 unspecified atom stereocenters. The summed E-state index contributed by atoms with van der Waals surface area (Å²) in [4.78, 5) is 14.1. The highest BCUT2D eigenvalue weighted by atomic mass is 79.9. The molecule has 1 amide bonds. The van der Waals surface area contributed by atoms with Gasteiger partial charge >= 0.3 is 6.09 Å². The zero-order valence-electron chi connectivity index (χ0n) is 7.27. The van der Waals surface area contributed by atoms with Crippen LogP contribution in [-0.2, 0) is 4.74 Å². The number of pyridine rings is 1. The van der Waals surface area contributed by atoms with Crippen LogP contribution in [0.1, 0.15) is 0 Å². The number of nitrogens with zero attached hydrogens (tertiary/aromatic N) is 1. The number of hydrogen-bond donors (Lipinski definition) is 1. The van der Waals surface area contributed by atoms with E-state index in [1.807, 2.05) is 0 Å². The first-order chi connectivity index (χ1) is 6.68. The van der Waals surface area contributed by atoms with E-state index in [2.05, 4.69) is 25.7 Å². The van der Waals surface area contributed by atoms with Gasteiger partial charge in [0.05, 0.1) is 0 Å². The molecular weight excluding hydrogens is 252 g/mol. The fraction of sp³-hybridized carbons (Fsp3) is 0.250. The van der Waals surface area contributed by atoms with Gasteiger partial charge in [-0.1, -0.05) is 0 Å². The van der Waals surface area contributed by atoms with Crippen LogP contribution in [0.4, 0.5) is 4.79 Å². The monoisotopic (exact) mass is 260 g/mol. The van der Waals surface area contributed by atoms with Crippen LogP contribution in [0.2, 0.25) is 0 Å². The van der Waals surface area contributed by atoms with Gasteiger partial charge in [0.25, 0.3) is 0 Å². The molecule has 0 spiro atoms. The molecule has 0 aromatic carbocycles. The Morgan fingerprint density at radius 2 is 2.29 bits per heavy atom. The molecule has 1 rings (SSSR count). The molecule has 14 heavy (non-hydrogen) atoms. The van der Waals surface area contributed by atoms with Crippen LogP contribution in [0.5, 0.6) is 5.88 Å². The SMILES string of the molecule is NC(=O)OCCOc1ccc(Br)cn1. The second-order valence-corrected chi connectivity index (χ2v) is 3.25. The lowest BCUT2D eigenvalue weighted by molar-refractivity contribution is 0.132. The molecule has 0 aliphatic rings. The Hall–Kier alpha value is -1.30. The van der Waals surface area contributed by atoms with Crippen molar-refractivity contribution in [1.29, 1.82) is 0 Å². The summed E-state index contributed by atoms with van der Waals surface area (Å²) in [6.45, 7) is 0.352. The van der Waals surface area contributed by atoms with Gasteiger partial charge in [0.15, 0.2) is 0 Å². The van der Waals surface area contributed by atoms with Crippen LogP contribution >= 0.6 is 15.9 Å². The van der Waals surface area contributed by atoms with Crippen molar-refractivity contribution in [2.75, 3.05) is 13.2 Å². The predicted molar refractivity (Wildman–Crippen MR) is 53.0 cm³/mol. The van der Waals surface area contributed by atoms with Gasteiger partial charge in [-0.05, 0) is 22.0 Å². The van der Waals surface area contributed by atoms with Crippen LogP contribution in [-0.4, -0.2) is 24.3 Å². The summed E-state index contributed by atoms with van der Waals surface area (Å²) >= 11 is 3.24. The summed E-state index contributed by atoms with van der Waals surface area (Å²) in [6, 6.07) is 3.51. The lowest BCUT2D eigenvalue weighted by atomic mass is 10.5. The second kappa shape index (κ2) is 5.43. The van der Waals surface area contributed by atoms with Gasteiger partial charge < -0.3 is 15.2 Å². The predicted octanol–water partition coefficient (Wildman–Crippen LogP) is 1.32. The molecule has 1 aromatic rings. The van der Waals surface area contributed by atoms with E-state index in [0.29, 0.717) is 5.88 Å². The second-order valence-electron chi connectivity index (χ2n) is 2.33. The molecule has 0 radical (unpaired) electrons. The summed E-state index contributed by atoms with van der Waals surface area (Å²) in [6.07, 6.45) is 0.807. The first kappa shape index (κ1) is 10.8. The number of nitrogens with two attached hydrogens (primary N) is 1. The fourth-order valence-electron chi connectivity index (χ4n) is 0.736. The number of rotatable bonds is 4. The van der Waals surface area contributed by atoms with Gasteiger partial charge in [-0.25, -0.2) is 9.78 Å². The van der Waals surface area contributed by atoms with Crippen LogP contribution < -0.4 is 10.5 Å². The van der Waals surface area contributed by atoms with Gasteiger partial charge in [-0.3, -0.25) is 0 Å². The number of halogens is 1. The number of aromatic nitrogens is 1. The molecule has 0 saturated heterocycles. The van der Waals surface area contributed by atoms with Crippen molar-refractivity contribution in [2.45, 2.75) is 0 Å². The van der Waals surface area contributed by atoms with Crippen LogP contribution in [0.3, 0.4) is 0 Å². The molecule has 0 bridgehead atoms. The van der Waals surface area contributed by atoms with Crippen molar-refractivity contribution < 1.29 is 14.3 Å². The zero-order chi connectivity index (χ0) is 10.4. The van der Waals surface area contributed by atoms with E-state index in [9.17, 15) is 4.79 Å². The molecule has 0 fully saturated rings. The van der Waals surface area contributed by atoms with Gasteiger partial charge in [0.2, 0.25) is 5.88 Å². The highest BCUT2D eigenvalue weighted by molar-refractivity contribution is 9.10. The minimum absolute atomic E-state index is 0.118. The Labute approximate surface area is 89.3 Å².